The molecule has 160 valence electrons. The fourth-order valence-corrected chi connectivity index (χ4v) is 4.68. The van der Waals surface area contributed by atoms with Gasteiger partial charge in [0.05, 0.1) is 5.69 Å². The number of hydrogen-bond acceptors (Lipinski definition) is 3. The maximum absolute atomic E-state index is 14.2. The number of rotatable bonds is 7. The largest absolute Gasteiger partial charge is 0.309 e. The van der Waals surface area contributed by atoms with E-state index in [-0.39, 0.29) is 5.91 Å². The minimum atomic E-state index is -0.725. The van der Waals surface area contributed by atoms with Crippen LogP contribution in [-0.2, 0) is 16.8 Å². The highest BCUT2D eigenvalue weighted by Gasteiger charge is 2.52. The second kappa shape index (κ2) is 8.83. The first-order chi connectivity index (χ1) is 14.9. The number of benzene rings is 3. The molecule has 0 saturated heterocycles. The average molecular weight is 434 g/mol. The predicted molar refractivity (Wildman–Crippen MR) is 127 cm³/mol. The fraction of sp³-hybridized carbons (Fsp3) is 0.269. The van der Waals surface area contributed by atoms with Crippen LogP contribution in [0.5, 0.6) is 0 Å². The average Bonchev–Trinajstić information content (AvgIpc) is 3.03. The summed E-state index contributed by atoms with van der Waals surface area (Å²) in [6.07, 6.45) is 0.705. The van der Waals surface area contributed by atoms with E-state index < -0.39 is 5.41 Å². The van der Waals surface area contributed by atoms with Crippen LogP contribution in [-0.4, -0.2) is 43.5 Å². The highest BCUT2D eigenvalue weighted by Crippen LogP contribution is 2.48. The number of amides is 1. The van der Waals surface area contributed by atoms with Gasteiger partial charge in [0.1, 0.15) is 5.41 Å². The first-order valence-electron chi connectivity index (χ1n) is 10.5. The molecule has 1 amide bonds. The van der Waals surface area contributed by atoms with Gasteiger partial charge in [-0.05, 0) is 55.9 Å². The molecule has 31 heavy (non-hydrogen) atoms. The molecule has 0 aromatic heterocycles. The molecular formula is C26H28ClN3O. The van der Waals surface area contributed by atoms with Crippen LogP contribution in [0.3, 0.4) is 0 Å². The lowest BCUT2D eigenvalue weighted by molar-refractivity contribution is -0.124. The van der Waals surface area contributed by atoms with E-state index in [0.717, 1.165) is 28.9 Å². The number of anilines is 1. The minimum Gasteiger partial charge on any atom is -0.309 e. The van der Waals surface area contributed by atoms with Gasteiger partial charge in [0.25, 0.3) is 5.91 Å². The molecule has 3 aromatic carbocycles. The highest BCUT2D eigenvalue weighted by atomic mass is 35.5. The summed E-state index contributed by atoms with van der Waals surface area (Å²) in [6.45, 7) is 1.34. The minimum absolute atomic E-state index is 0.0799. The van der Waals surface area contributed by atoms with Gasteiger partial charge in [-0.25, -0.2) is 10.0 Å². The summed E-state index contributed by atoms with van der Waals surface area (Å²) in [4.78, 5) is 16.4. The van der Waals surface area contributed by atoms with Crippen LogP contribution < -0.4 is 5.01 Å². The number of fused-ring (bicyclic) bond motifs is 1. The van der Waals surface area contributed by atoms with Crippen LogP contribution in [0.25, 0.3) is 0 Å². The summed E-state index contributed by atoms with van der Waals surface area (Å²) in [5.41, 5.74) is 3.28. The van der Waals surface area contributed by atoms with Crippen LogP contribution in [0.4, 0.5) is 5.69 Å². The van der Waals surface area contributed by atoms with Crippen molar-refractivity contribution in [3.63, 3.8) is 0 Å². The van der Waals surface area contributed by atoms with Gasteiger partial charge in [0, 0.05) is 18.6 Å². The van der Waals surface area contributed by atoms with Gasteiger partial charge in [-0.1, -0.05) is 78.3 Å². The summed E-state index contributed by atoms with van der Waals surface area (Å²) >= 11 is 6.41. The molecule has 1 aliphatic rings. The van der Waals surface area contributed by atoms with E-state index in [2.05, 4.69) is 23.1 Å². The molecule has 4 nitrogen and oxygen atoms in total. The quantitative estimate of drug-likeness (QED) is 0.526. The molecule has 0 aliphatic carbocycles. The van der Waals surface area contributed by atoms with Gasteiger partial charge < -0.3 is 4.90 Å². The van der Waals surface area contributed by atoms with Gasteiger partial charge in [0.2, 0.25) is 0 Å². The topological polar surface area (TPSA) is 26.8 Å². The van der Waals surface area contributed by atoms with Gasteiger partial charge in [-0.3, -0.25) is 4.79 Å². The van der Waals surface area contributed by atoms with Crippen molar-refractivity contribution < 1.29 is 4.79 Å². The van der Waals surface area contributed by atoms with Crippen molar-refractivity contribution in [2.45, 2.75) is 18.4 Å². The number of carbonyl (C=O) groups is 1. The van der Waals surface area contributed by atoms with E-state index in [9.17, 15) is 4.79 Å². The Hall–Kier alpha value is -2.66. The predicted octanol–water partition coefficient (Wildman–Crippen LogP) is 4.97. The van der Waals surface area contributed by atoms with Crippen molar-refractivity contribution in [2.75, 3.05) is 32.7 Å². The summed E-state index contributed by atoms with van der Waals surface area (Å²) in [5.74, 6) is 0.0799. The molecule has 0 fully saturated rings. The van der Waals surface area contributed by atoms with Crippen molar-refractivity contribution in [1.82, 2.24) is 9.91 Å². The monoisotopic (exact) mass is 433 g/mol. The molecule has 1 heterocycles. The lowest BCUT2D eigenvalue weighted by Crippen LogP contribution is -2.49. The second-order valence-electron chi connectivity index (χ2n) is 8.37. The molecular weight excluding hydrogens is 406 g/mol. The van der Waals surface area contributed by atoms with Crippen LogP contribution in [0.2, 0.25) is 5.02 Å². The number of halogens is 1. The molecule has 3 aromatic rings. The Morgan fingerprint density at radius 3 is 2.23 bits per heavy atom. The Morgan fingerprint density at radius 2 is 1.52 bits per heavy atom. The fourth-order valence-electron chi connectivity index (χ4n) is 4.49. The third-order valence-corrected chi connectivity index (χ3v) is 6.42. The van der Waals surface area contributed by atoms with E-state index in [0.29, 0.717) is 18.0 Å². The SMILES string of the molecule is CN(C)CC[C@@]1(c2ccccc2)C(=O)N(N(C)Cc2ccccc2Cl)c2ccccc21. The molecule has 0 spiro atoms. The van der Waals surface area contributed by atoms with Gasteiger partial charge in [-0.15, -0.1) is 0 Å². The Balaban J connectivity index is 1.81. The molecule has 4 rings (SSSR count). The molecule has 0 saturated carbocycles. The molecule has 0 unspecified atom stereocenters. The normalized spacial score (nSPS) is 18.1. The molecule has 0 radical (unpaired) electrons. The van der Waals surface area contributed by atoms with Crippen LogP contribution in [0, 0.1) is 0 Å². The Kier molecular flexibility index (Phi) is 6.15. The van der Waals surface area contributed by atoms with Crippen LogP contribution >= 0.6 is 11.6 Å². The van der Waals surface area contributed by atoms with Crippen LogP contribution in [0.15, 0.2) is 78.9 Å². The lowest BCUT2D eigenvalue weighted by Gasteiger charge is -2.33. The Morgan fingerprint density at radius 1 is 0.871 bits per heavy atom. The van der Waals surface area contributed by atoms with E-state index in [4.69, 9.17) is 11.6 Å². The van der Waals surface area contributed by atoms with Crippen molar-refractivity contribution >= 4 is 23.2 Å². The van der Waals surface area contributed by atoms with E-state index in [1.165, 1.54) is 0 Å². The molecule has 1 atom stereocenters. The van der Waals surface area contributed by atoms with Crippen molar-refractivity contribution in [3.8, 4) is 0 Å². The maximum atomic E-state index is 14.2. The van der Waals surface area contributed by atoms with Crippen molar-refractivity contribution in [3.05, 3.63) is 101 Å². The van der Waals surface area contributed by atoms with Crippen molar-refractivity contribution in [2.24, 2.45) is 0 Å². The third kappa shape index (κ3) is 3.87. The summed E-state index contributed by atoms with van der Waals surface area (Å²) in [7, 11) is 6.04. The first-order valence-corrected chi connectivity index (χ1v) is 10.9. The number of nitrogens with zero attached hydrogens (tertiary/aromatic N) is 3. The molecule has 5 heteroatoms. The Labute approximate surface area is 189 Å². The smallest absolute Gasteiger partial charge is 0.256 e. The maximum Gasteiger partial charge on any atom is 0.256 e. The second-order valence-corrected chi connectivity index (χ2v) is 8.77. The summed E-state index contributed by atoms with van der Waals surface area (Å²) in [5, 5.41) is 4.51. The standard InChI is InChI=1S/C26H28ClN3O/c1-28(2)18-17-26(21-12-5-4-6-13-21)22-14-8-10-16-24(22)30(25(26)31)29(3)19-20-11-7-9-15-23(20)27/h4-16H,17-19H2,1-3H3/t26-/m0/s1. The van der Waals surface area contributed by atoms with Crippen molar-refractivity contribution in [1.29, 1.82) is 0 Å². The van der Waals surface area contributed by atoms with Gasteiger partial charge in [0.15, 0.2) is 0 Å². The first kappa shape index (κ1) is 21.6. The van der Waals surface area contributed by atoms with Gasteiger partial charge in [-0.2, -0.15) is 0 Å². The zero-order valence-corrected chi connectivity index (χ0v) is 19.0. The third-order valence-electron chi connectivity index (χ3n) is 6.05. The molecule has 0 N–H and O–H groups in total. The summed E-state index contributed by atoms with van der Waals surface area (Å²) in [6, 6.07) is 26.1. The molecule has 0 bridgehead atoms. The molecule has 1 aliphatic heterocycles. The lowest BCUT2D eigenvalue weighted by atomic mass is 9.73. The summed E-state index contributed by atoms with van der Waals surface area (Å²) < 4.78 is 0. The zero-order valence-electron chi connectivity index (χ0n) is 18.3. The zero-order chi connectivity index (χ0) is 22.0. The highest BCUT2D eigenvalue weighted by molar-refractivity contribution is 6.31. The van der Waals surface area contributed by atoms with E-state index in [1.807, 2.05) is 91.8 Å². The van der Waals surface area contributed by atoms with E-state index >= 15 is 0 Å². The van der Waals surface area contributed by atoms with E-state index in [1.54, 1.807) is 0 Å². The number of hydrogen-bond donors (Lipinski definition) is 0. The number of hydrazine groups is 1. The number of para-hydroxylation sites is 1. The van der Waals surface area contributed by atoms with Gasteiger partial charge >= 0.3 is 0 Å². The number of carbonyl (C=O) groups excluding carboxylic acids is 1. The Bertz CT molecular complexity index is 1070. The van der Waals surface area contributed by atoms with Crippen LogP contribution in [0.1, 0.15) is 23.1 Å².